The number of nitrogens with two attached hydrogens (primary N) is 1. The van der Waals surface area contributed by atoms with Crippen LogP contribution in [0, 0.1) is 0 Å². The quantitative estimate of drug-likeness (QED) is 0.0802. The van der Waals surface area contributed by atoms with Crippen molar-refractivity contribution in [2.75, 3.05) is 24.3 Å². The Morgan fingerprint density at radius 1 is 1.43 bits per heavy atom. The number of hydrogen-bond donors (Lipinski definition) is 4. The monoisotopic (exact) mass is 591 g/mol. The van der Waals surface area contributed by atoms with Gasteiger partial charge in [0.25, 0.3) is 21.9 Å². The molecule has 2 aliphatic rings. The lowest BCUT2D eigenvalue weighted by Gasteiger charge is -2.49. The van der Waals surface area contributed by atoms with E-state index in [4.69, 9.17) is 15.1 Å². The number of hydrogen-bond acceptors (Lipinski definition) is 15. The number of nitrogen functional groups attached to an aromatic ring is 1. The highest BCUT2D eigenvalue weighted by atomic mass is 32.2. The number of nitrogens with one attached hydrogen (secondary N) is 1. The summed E-state index contributed by atoms with van der Waals surface area (Å²) in [6.45, 7) is 0. The summed E-state index contributed by atoms with van der Waals surface area (Å²) in [5.74, 6) is -3.41. The van der Waals surface area contributed by atoms with Crippen LogP contribution in [-0.2, 0) is 35.2 Å². The van der Waals surface area contributed by atoms with Crippen LogP contribution in [0.3, 0.4) is 0 Å². The van der Waals surface area contributed by atoms with E-state index in [-0.39, 0.29) is 38.9 Å². The average molecular weight is 592 g/mol. The molecule has 2 aromatic rings. The van der Waals surface area contributed by atoms with Crippen LogP contribution in [0.25, 0.3) is 0 Å². The molecule has 4 rings (SSSR count). The van der Waals surface area contributed by atoms with Crippen LogP contribution in [0.2, 0.25) is 0 Å². The summed E-state index contributed by atoms with van der Waals surface area (Å²) in [5.41, 5.74) is 5.68. The molecule has 0 radical (unpaired) electrons. The minimum absolute atomic E-state index is 0.0178. The number of rotatable bonds is 10. The van der Waals surface area contributed by atoms with Crippen LogP contribution in [0.4, 0.5) is 5.13 Å². The second-order valence-corrected chi connectivity index (χ2v) is 11.6. The van der Waals surface area contributed by atoms with Gasteiger partial charge in [0.15, 0.2) is 16.7 Å². The summed E-state index contributed by atoms with van der Waals surface area (Å²) in [5, 5.41) is 27.6. The number of carboxylic acid groups (broad SMARTS) is 1. The van der Waals surface area contributed by atoms with Gasteiger partial charge in [-0.1, -0.05) is 16.9 Å². The van der Waals surface area contributed by atoms with Crippen LogP contribution in [0.5, 0.6) is 0 Å². The highest BCUT2D eigenvalue weighted by Crippen LogP contribution is 2.41. The molecule has 4 heterocycles. The Hall–Kier alpha value is -3.27. The van der Waals surface area contributed by atoms with Crippen molar-refractivity contribution in [2.24, 2.45) is 5.16 Å². The van der Waals surface area contributed by atoms with Crippen LogP contribution < -0.4 is 11.1 Å². The predicted octanol–water partition coefficient (Wildman–Crippen LogP) is -1.56. The number of nitrogens with zero attached hydrogens (tertiary/aromatic N) is 7. The lowest BCUT2D eigenvalue weighted by Crippen LogP contribution is -2.71. The highest BCUT2D eigenvalue weighted by Gasteiger charge is 2.54. The molecule has 1 saturated heterocycles. The predicted molar refractivity (Wildman–Crippen MR) is 130 cm³/mol. The molecule has 198 valence electrons. The van der Waals surface area contributed by atoms with Gasteiger partial charge in [-0.25, -0.2) is 14.5 Å². The van der Waals surface area contributed by atoms with Crippen molar-refractivity contribution in [1.29, 1.82) is 0 Å². The minimum atomic E-state index is -4.41. The fourth-order valence-electron chi connectivity index (χ4n) is 3.38. The number of fused-ring (bicyclic) bond motifs is 1. The molecule has 0 aromatic carbocycles. The lowest BCUT2D eigenvalue weighted by molar-refractivity contribution is -0.150. The number of oxime groups is 1. The maximum absolute atomic E-state index is 12.9. The van der Waals surface area contributed by atoms with Crippen LogP contribution in [-0.4, -0.2) is 102 Å². The second-order valence-electron chi connectivity index (χ2n) is 7.27. The second kappa shape index (κ2) is 10.6. The first kappa shape index (κ1) is 26.8. The summed E-state index contributed by atoms with van der Waals surface area (Å²) in [6.07, 6.45) is 0. The molecule has 1 fully saturated rings. The van der Waals surface area contributed by atoms with E-state index in [0.717, 1.165) is 32.7 Å². The van der Waals surface area contributed by atoms with Gasteiger partial charge in [-0.15, -0.1) is 28.2 Å². The zero-order valence-electron chi connectivity index (χ0n) is 18.5. The van der Waals surface area contributed by atoms with Crippen molar-refractivity contribution < 1.29 is 37.3 Å². The third-order valence-corrected chi connectivity index (χ3v) is 8.49. The van der Waals surface area contributed by atoms with Gasteiger partial charge in [0.1, 0.15) is 29.9 Å². The Morgan fingerprint density at radius 3 is 2.81 bits per heavy atom. The molecule has 5 N–H and O–H groups in total. The van der Waals surface area contributed by atoms with E-state index in [1.54, 1.807) is 0 Å². The normalized spacial score (nSPS) is 19.9. The van der Waals surface area contributed by atoms with E-state index >= 15 is 0 Å². The van der Waals surface area contributed by atoms with E-state index in [1.165, 1.54) is 24.3 Å². The molecule has 0 bridgehead atoms. The Balaban J connectivity index is 1.48. The molecule has 2 unspecified atom stereocenters. The largest absolute Gasteiger partial charge is 0.477 e. The summed E-state index contributed by atoms with van der Waals surface area (Å²) in [7, 11) is -3.17. The maximum atomic E-state index is 12.9. The number of carbonyl (C=O) groups is 3. The average Bonchev–Trinajstić information content (AvgIpc) is 3.45. The first-order valence-electron chi connectivity index (χ1n) is 9.87. The van der Waals surface area contributed by atoms with Crippen molar-refractivity contribution >= 4 is 73.6 Å². The third kappa shape index (κ3) is 5.69. The number of amides is 2. The third-order valence-electron chi connectivity index (χ3n) is 4.86. The molecule has 0 saturated carbocycles. The molecule has 2 amide bonds. The number of thioether (sulfide) groups is 2. The van der Waals surface area contributed by atoms with Crippen LogP contribution in [0.1, 0.15) is 5.69 Å². The number of anilines is 1. The molecular weight excluding hydrogens is 574 g/mol. The molecule has 17 nitrogen and oxygen atoms in total. The number of thiazole rings is 1. The van der Waals surface area contributed by atoms with Crippen molar-refractivity contribution in [2.45, 2.75) is 22.4 Å². The number of carboxylic acids is 1. The van der Waals surface area contributed by atoms with E-state index in [0.29, 0.717) is 5.57 Å². The van der Waals surface area contributed by atoms with Crippen molar-refractivity contribution in [3.63, 3.8) is 0 Å². The van der Waals surface area contributed by atoms with Gasteiger partial charge in [0.05, 0.1) is 0 Å². The minimum Gasteiger partial charge on any atom is -0.477 e. The maximum Gasteiger partial charge on any atom is 0.352 e. The number of tetrazole rings is 1. The molecular formula is C16H17N9O8S4. The number of aliphatic carboxylic acids is 1. The van der Waals surface area contributed by atoms with Crippen LogP contribution in [0.15, 0.2) is 27.0 Å². The smallest absolute Gasteiger partial charge is 0.352 e. The zero-order valence-corrected chi connectivity index (χ0v) is 21.8. The standard InChI is InChI=1S/C16H17N9O8S4/c1-33-21-8(7-4-35-15(17)18-7)11(26)19-9-12(27)25-10(14(28)29)6(2-34-13(9)25)3-36-16-20-22-23-24(16)5-37(30,31)32/h4,9,13H,2-3,5H2,1H3,(H2,17,18)(H,19,26)(H,28,29)(H,30,31,32)/b21-8+. The van der Waals surface area contributed by atoms with Gasteiger partial charge < -0.3 is 21.0 Å². The molecule has 21 heteroatoms. The topological polar surface area (TPSA) is 245 Å². The van der Waals surface area contributed by atoms with E-state index in [9.17, 15) is 27.9 Å². The first-order valence-corrected chi connectivity index (χ1v) is 14.4. The van der Waals surface area contributed by atoms with Gasteiger partial charge in [-0.2, -0.15) is 8.42 Å². The number of β-lactam (4-membered cyclic amide) rings is 1. The number of carbonyl (C=O) groups excluding carboxylic acids is 2. The fourth-order valence-corrected chi connectivity index (χ4v) is 6.86. The summed E-state index contributed by atoms with van der Waals surface area (Å²) >= 11 is 3.25. The van der Waals surface area contributed by atoms with Gasteiger partial charge in [-0.05, 0) is 16.0 Å². The molecule has 2 aromatic heterocycles. The Labute approximate surface area is 220 Å². The molecule has 37 heavy (non-hydrogen) atoms. The molecule has 0 spiro atoms. The Morgan fingerprint density at radius 2 is 2.19 bits per heavy atom. The Bertz CT molecular complexity index is 1420. The van der Waals surface area contributed by atoms with Crippen molar-refractivity contribution in [1.82, 2.24) is 35.4 Å². The summed E-state index contributed by atoms with van der Waals surface area (Å²) in [4.78, 5) is 47.6. The number of aromatic nitrogens is 5. The van der Waals surface area contributed by atoms with E-state index in [1.807, 2.05) is 0 Å². The van der Waals surface area contributed by atoms with Gasteiger partial charge in [0, 0.05) is 16.9 Å². The molecule has 2 atom stereocenters. The Kier molecular flexibility index (Phi) is 7.68. The zero-order chi connectivity index (χ0) is 26.9. The fraction of sp³-hybridized carbons (Fsp3) is 0.375. The van der Waals surface area contributed by atoms with E-state index in [2.05, 4.69) is 31.0 Å². The lowest BCUT2D eigenvalue weighted by atomic mass is 10.0. The first-order chi connectivity index (χ1) is 17.5. The van der Waals surface area contributed by atoms with Gasteiger partial charge in [-0.3, -0.25) is 19.0 Å². The molecule has 0 aliphatic carbocycles. The summed E-state index contributed by atoms with van der Waals surface area (Å²) < 4.78 is 32.1. The van der Waals surface area contributed by atoms with Gasteiger partial charge in [0.2, 0.25) is 5.16 Å². The van der Waals surface area contributed by atoms with Gasteiger partial charge >= 0.3 is 5.97 Å². The van der Waals surface area contributed by atoms with Crippen molar-refractivity contribution in [3.05, 3.63) is 22.3 Å². The highest BCUT2D eigenvalue weighted by molar-refractivity contribution is 8.01. The van der Waals surface area contributed by atoms with Crippen LogP contribution >= 0.6 is 34.9 Å². The SMILES string of the molecule is CO/N=C(/C(=O)NC1C(=O)N2C(C(=O)O)=C(CSc3nnnn3CS(=O)(=O)O)CSC12)c1csc(N)n1. The van der Waals surface area contributed by atoms with Crippen molar-refractivity contribution in [3.8, 4) is 0 Å². The molecule has 2 aliphatic heterocycles. The van der Waals surface area contributed by atoms with E-state index < -0.39 is 45.2 Å². The summed E-state index contributed by atoms with van der Waals surface area (Å²) in [6, 6.07) is -1.03.